The van der Waals surface area contributed by atoms with E-state index in [0.29, 0.717) is 31.1 Å². The Hall–Kier alpha value is -3.02. The quantitative estimate of drug-likeness (QED) is 0.467. The molecule has 4 rings (SSSR count). The number of amides is 2. The summed E-state index contributed by atoms with van der Waals surface area (Å²) >= 11 is 0. The van der Waals surface area contributed by atoms with Crippen LogP contribution in [0.2, 0.25) is 0 Å². The van der Waals surface area contributed by atoms with E-state index in [1.54, 1.807) is 12.0 Å². The molecule has 188 valence electrons. The third-order valence-electron chi connectivity index (χ3n) is 7.17. The van der Waals surface area contributed by atoms with Crippen molar-refractivity contribution in [2.75, 3.05) is 26.8 Å². The predicted molar refractivity (Wildman–Crippen MR) is 137 cm³/mol. The summed E-state index contributed by atoms with van der Waals surface area (Å²) in [6.07, 6.45) is 8.18. The first-order chi connectivity index (χ1) is 17.1. The molecule has 1 saturated heterocycles. The molecule has 0 radical (unpaired) electrons. The van der Waals surface area contributed by atoms with Gasteiger partial charge in [-0.3, -0.25) is 9.59 Å². The largest absolute Gasteiger partial charge is 0.493 e. The van der Waals surface area contributed by atoms with E-state index in [-0.39, 0.29) is 24.4 Å². The zero-order chi connectivity index (χ0) is 24.6. The van der Waals surface area contributed by atoms with Crippen molar-refractivity contribution in [1.82, 2.24) is 9.80 Å². The van der Waals surface area contributed by atoms with Gasteiger partial charge >= 0.3 is 0 Å². The summed E-state index contributed by atoms with van der Waals surface area (Å²) < 4.78 is 11.4. The van der Waals surface area contributed by atoms with Crippen molar-refractivity contribution in [2.45, 2.75) is 70.4 Å². The third-order valence-corrected chi connectivity index (χ3v) is 7.17. The number of ether oxygens (including phenoxy) is 2. The first-order valence-electron chi connectivity index (χ1n) is 13.1. The number of nitrogens with zero attached hydrogens (tertiary/aromatic N) is 2. The summed E-state index contributed by atoms with van der Waals surface area (Å²) in [7, 11) is 1.61. The van der Waals surface area contributed by atoms with Gasteiger partial charge in [0.1, 0.15) is 12.6 Å². The second-order valence-electron chi connectivity index (χ2n) is 9.60. The molecule has 35 heavy (non-hydrogen) atoms. The number of rotatable bonds is 9. The van der Waals surface area contributed by atoms with Crippen molar-refractivity contribution >= 4 is 11.8 Å². The lowest BCUT2D eigenvalue weighted by atomic mass is 9.96. The highest BCUT2D eigenvalue weighted by Gasteiger charge is 2.42. The topological polar surface area (TPSA) is 59.1 Å². The van der Waals surface area contributed by atoms with Gasteiger partial charge in [-0.15, -0.1) is 0 Å². The molecule has 2 aliphatic rings. The number of piperazine rings is 1. The van der Waals surface area contributed by atoms with Gasteiger partial charge in [0.05, 0.1) is 13.7 Å². The summed E-state index contributed by atoms with van der Waals surface area (Å²) in [4.78, 5) is 31.2. The Kier molecular flexibility index (Phi) is 8.67. The Morgan fingerprint density at radius 3 is 2.37 bits per heavy atom. The maximum absolute atomic E-state index is 14.0. The minimum Gasteiger partial charge on any atom is -0.493 e. The van der Waals surface area contributed by atoms with Crippen molar-refractivity contribution in [3.05, 3.63) is 59.7 Å². The fraction of sp³-hybridized carbons (Fsp3) is 0.517. The normalized spacial score (nSPS) is 19.5. The highest BCUT2D eigenvalue weighted by Crippen LogP contribution is 2.36. The monoisotopic (exact) mass is 478 g/mol. The van der Waals surface area contributed by atoms with Gasteiger partial charge < -0.3 is 19.3 Å². The van der Waals surface area contributed by atoms with Crippen LogP contribution >= 0.6 is 0 Å². The number of hydrogen-bond acceptors (Lipinski definition) is 4. The van der Waals surface area contributed by atoms with Crippen molar-refractivity contribution in [3.8, 4) is 11.5 Å². The summed E-state index contributed by atoms with van der Waals surface area (Å²) in [5.74, 6) is 1.28. The molecule has 2 fully saturated rings. The van der Waals surface area contributed by atoms with E-state index >= 15 is 0 Å². The van der Waals surface area contributed by atoms with Gasteiger partial charge in [-0.2, -0.15) is 0 Å². The van der Waals surface area contributed by atoms with E-state index in [0.717, 1.165) is 43.2 Å². The Labute approximate surface area is 209 Å². The van der Waals surface area contributed by atoms with Gasteiger partial charge in [0.2, 0.25) is 5.91 Å². The van der Waals surface area contributed by atoms with Gasteiger partial charge in [0.15, 0.2) is 11.5 Å². The molecule has 2 aromatic carbocycles. The molecular formula is C29H38N2O4. The molecule has 0 N–H and O–H groups in total. The summed E-state index contributed by atoms with van der Waals surface area (Å²) in [6, 6.07) is 15.2. The predicted octanol–water partition coefficient (Wildman–Crippen LogP) is 5.16. The van der Waals surface area contributed by atoms with E-state index < -0.39 is 6.04 Å². The lowest BCUT2D eigenvalue weighted by Gasteiger charge is -2.43. The molecule has 0 unspecified atom stereocenters. The number of carbonyl (C=O) groups excluding carboxylic acids is 2. The highest BCUT2D eigenvalue weighted by molar-refractivity contribution is 5.96. The second kappa shape index (κ2) is 12.1. The summed E-state index contributed by atoms with van der Waals surface area (Å²) in [5, 5.41) is 0. The molecule has 6 nitrogen and oxygen atoms in total. The number of benzene rings is 2. The number of methoxy groups -OCH3 is 1. The van der Waals surface area contributed by atoms with Gasteiger partial charge in [-0.05, 0) is 48.9 Å². The molecule has 2 amide bonds. The SMILES string of the molecule is CCCOc1ccc([C@@H]2C(=O)N(C3CCCCCC3)CC(=O)N2CCc2ccccc2)cc1OC. The molecule has 1 saturated carbocycles. The second-order valence-corrected chi connectivity index (χ2v) is 9.60. The van der Waals surface area contributed by atoms with Crippen LogP contribution in [0.4, 0.5) is 0 Å². The first kappa shape index (κ1) is 25.1. The first-order valence-corrected chi connectivity index (χ1v) is 13.1. The lowest BCUT2D eigenvalue weighted by molar-refractivity contribution is -0.158. The number of carbonyl (C=O) groups is 2. The smallest absolute Gasteiger partial charge is 0.250 e. The fourth-order valence-corrected chi connectivity index (χ4v) is 5.28. The van der Waals surface area contributed by atoms with Crippen molar-refractivity contribution in [1.29, 1.82) is 0 Å². The third kappa shape index (κ3) is 5.98. The van der Waals surface area contributed by atoms with Crippen LogP contribution < -0.4 is 9.47 Å². The van der Waals surface area contributed by atoms with Crippen LogP contribution in [0.15, 0.2) is 48.5 Å². The zero-order valence-corrected chi connectivity index (χ0v) is 21.1. The lowest BCUT2D eigenvalue weighted by Crippen LogP contribution is -2.58. The molecule has 1 atom stereocenters. The van der Waals surface area contributed by atoms with E-state index in [1.165, 1.54) is 12.8 Å². The molecule has 0 aromatic heterocycles. The van der Waals surface area contributed by atoms with E-state index in [2.05, 4.69) is 19.1 Å². The van der Waals surface area contributed by atoms with Crippen LogP contribution in [0.25, 0.3) is 0 Å². The molecule has 2 aromatic rings. The van der Waals surface area contributed by atoms with Crippen LogP contribution in [0.1, 0.15) is 69.0 Å². The van der Waals surface area contributed by atoms with Crippen molar-refractivity contribution in [2.24, 2.45) is 0 Å². The van der Waals surface area contributed by atoms with Gasteiger partial charge in [0.25, 0.3) is 5.91 Å². The highest BCUT2D eigenvalue weighted by atomic mass is 16.5. The minimum absolute atomic E-state index is 0.0139. The Morgan fingerprint density at radius 1 is 0.943 bits per heavy atom. The fourth-order valence-electron chi connectivity index (χ4n) is 5.28. The summed E-state index contributed by atoms with van der Waals surface area (Å²) in [6.45, 7) is 3.31. The Balaban J connectivity index is 1.65. The van der Waals surface area contributed by atoms with Crippen LogP contribution in [0.3, 0.4) is 0 Å². The Bertz CT molecular complexity index is 985. The van der Waals surface area contributed by atoms with Crippen molar-refractivity contribution < 1.29 is 19.1 Å². The Morgan fingerprint density at radius 2 is 1.69 bits per heavy atom. The van der Waals surface area contributed by atoms with Gasteiger partial charge in [-0.1, -0.05) is 69.0 Å². The van der Waals surface area contributed by atoms with Crippen molar-refractivity contribution in [3.63, 3.8) is 0 Å². The maximum Gasteiger partial charge on any atom is 0.250 e. The molecule has 1 aliphatic heterocycles. The van der Waals surface area contributed by atoms with Crippen LogP contribution in [0.5, 0.6) is 11.5 Å². The molecular weight excluding hydrogens is 440 g/mol. The summed E-state index contributed by atoms with van der Waals surface area (Å²) in [5.41, 5.74) is 1.93. The minimum atomic E-state index is -0.655. The van der Waals surface area contributed by atoms with Gasteiger partial charge in [0, 0.05) is 12.6 Å². The number of hydrogen-bond donors (Lipinski definition) is 0. The van der Waals surface area contributed by atoms with Crippen LogP contribution in [-0.2, 0) is 16.0 Å². The molecule has 6 heteroatoms. The van der Waals surface area contributed by atoms with Gasteiger partial charge in [-0.25, -0.2) is 0 Å². The van der Waals surface area contributed by atoms with E-state index in [1.807, 2.05) is 41.3 Å². The molecule has 0 bridgehead atoms. The standard InChI is InChI=1S/C29H38N2O4/c1-3-19-35-25-16-15-23(20-26(25)34-2)28-29(33)31(24-13-9-4-5-10-14-24)21-27(32)30(28)18-17-22-11-7-6-8-12-22/h6-8,11-12,15-16,20,24,28H,3-5,9-10,13-14,17-19,21H2,1-2H3/t28-/m1/s1. The van der Waals surface area contributed by atoms with Crippen LogP contribution in [0, 0.1) is 0 Å². The average molecular weight is 479 g/mol. The average Bonchev–Trinajstić information content (AvgIpc) is 3.18. The van der Waals surface area contributed by atoms with E-state index in [9.17, 15) is 9.59 Å². The molecule has 0 spiro atoms. The zero-order valence-electron chi connectivity index (χ0n) is 21.1. The van der Waals surface area contributed by atoms with E-state index in [4.69, 9.17) is 9.47 Å². The van der Waals surface area contributed by atoms with Crippen LogP contribution in [-0.4, -0.2) is 54.5 Å². The molecule has 1 heterocycles. The molecule has 1 aliphatic carbocycles. The maximum atomic E-state index is 14.0.